The van der Waals surface area contributed by atoms with Crippen molar-refractivity contribution in [3.63, 3.8) is 0 Å². The van der Waals surface area contributed by atoms with Gasteiger partial charge in [-0.15, -0.1) is 0 Å². The van der Waals surface area contributed by atoms with E-state index in [9.17, 15) is 0 Å². The summed E-state index contributed by atoms with van der Waals surface area (Å²) in [7, 11) is 0. The Hall–Kier alpha value is -0.120. The van der Waals surface area contributed by atoms with Gasteiger partial charge in [-0.05, 0) is 59.0 Å². The average Bonchev–Trinajstić information content (AvgIpc) is 2.28. The van der Waals surface area contributed by atoms with Gasteiger partial charge in [0.25, 0.3) is 0 Å². The second-order valence-corrected chi connectivity index (χ2v) is 6.95. The maximum Gasteiger partial charge on any atom is 0.0641 e. The summed E-state index contributed by atoms with van der Waals surface area (Å²) < 4.78 is 5.85. The van der Waals surface area contributed by atoms with Crippen LogP contribution in [0.25, 0.3) is 0 Å². The Balaban J connectivity index is 1.96. The lowest BCUT2D eigenvalue weighted by Gasteiger charge is -2.43. The minimum absolute atomic E-state index is 0.0678. The summed E-state index contributed by atoms with van der Waals surface area (Å²) in [6, 6.07) is 1.38. The molecule has 0 spiro atoms. The maximum absolute atomic E-state index is 5.85. The van der Waals surface area contributed by atoms with E-state index in [4.69, 9.17) is 4.74 Å². The lowest BCUT2D eigenvalue weighted by atomic mass is 9.91. The molecule has 0 radical (unpaired) electrons. The van der Waals surface area contributed by atoms with Crippen molar-refractivity contribution in [2.45, 2.75) is 64.6 Å². The van der Waals surface area contributed by atoms with Crippen molar-refractivity contribution in [1.82, 2.24) is 10.2 Å². The van der Waals surface area contributed by atoms with Crippen LogP contribution in [0.15, 0.2) is 0 Å². The third kappa shape index (κ3) is 3.94. The standard InChI is InChI=1S/C15H30N2O/c1-12-10-16-13(2)5-7-17(11-12)14-6-8-18-15(3,4)9-14/h12-14,16H,5-11H2,1-4H3. The molecule has 0 bridgehead atoms. The number of ether oxygens (including phenoxy) is 1. The normalized spacial score (nSPS) is 39.0. The summed E-state index contributed by atoms with van der Waals surface area (Å²) in [5.74, 6) is 0.749. The summed E-state index contributed by atoms with van der Waals surface area (Å²) in [6.07, 6.45) is 3.66. The molecule has 0 aromatic heterocycles. The van der Waals surface area contributed by atoms with Crippen molar-refractivity contribution in [1.29, 1.82) is 0 Å². The predicted molar refractivity (Wildman–Crippen MR) is 75.9 cm³/mol. The molecule has 2 aliphatic rings. The van der Waals surface area contributed by atoms with Crippen LogP contribution in [0.1, 0.15) is 47.0 Å². The monoisotopic (exact) mass is 254 g/mol. The van der Waals surface area contributed by atoms with E-state index in [0.717, 1.165) is 25.1 Å². The highest BCUT2D eigenvalue weighted by Crippen LogP contribution is 2.28. The first-order valence-corrected chi connectivity index (χ1v) is 7.58. The van der Waals surface area contributed by atoms with Crippen molar-refractivity contribution in [2.75, 3.05) is 26.2 Å². The molecule has 2 saturated heterocycles. The minimum Gasteiger partial charge on any atom is -0.375 e. The SMILES string of the molecule is CC1CNC(C)CCN(C2CCOC(C)(C)C2)C1. The molecule has 2 rings (SSSR count). The molecule has 2 aliphatic heterocycles. The highest BCUT2D eigenvalue weighted by Gasteiger charge is 2.33. The first kappa shape index (κ1) is 14.3. The van der Waals surface area contributed by atoms with Crippen molar-refractivity contribution >= 4 is 0 Å². The van der Waals surface area contributed by atoms with Gasteiger partial charge < -0.3 is 10.1 Å². The zero-order chi connectivity index (χ0) is 13.2. The van der Waals surface area contributed by atoms with Gasteiger partial charge in [-0.3, -0.25) is 4.90 Å². The van der Waals surface area contributed by atoms with Gasteiger partial charge in [-0.2, -0.15) is 0 Å². The van der Waals surface area contributed by atoms with E-state index in [2.05, 4.69) is 37.9 Å². The Morgan fingerprint density at radius 3 is 2.72 bits per heavy atom. The zero-order valence-electron chi connectivity index (χ0n) is 12.5. The molecule has 3 heteroatoms. The van der Waals surface area contributed by atoms with Gasteiger partial charge in [0.2, 0.25) is 0 Å². The van der Waals surface area contributed by atoms with Crippen LogP contribution in [0.3, 0.4) is 0 Å². The Labute approximate surface area is 112 Å². The molecular weight excluding hydrogens is 224 g/mol. The lowest BCUT2D eigenvalue weighted by molar-refractivity contribution is -0.0856. The van der Waals surface area contributed by atoms with Crippen LogP contribution < -0.4 is 5.32 Å². The van der Waals surface area contributed by atoms with Crippen LogP contribution in [0, 0.1) is 5.92 Å². The van der Waals surface area contributed by atoms with Crippen LogP contribution in [-0.4, -0.2) is 48.8 Å². The highest BCUT2D eigenvalue weighted by atomic mass is 16.5. The van der Waals surface area contributed by atoms with E-state index in [0.29, 0.717) is 6.04 Å². The van der Waals surface area contributed by atoms with E-state index in [1.54, 1.807) is 0 Å². The van der Waals surface area contributed by atoms with Crippen molar-refractivity contribution in [3.8, 4) is 0 Å². The first-order chi connectivity index (χ1) is 8.46. The molecule has 2 heterocycles. The summed E-state index contributed by atoms with van der Waals surface area (Å²) in [4.78, 5) is 2.73. The fourth-order valence-electron chi connectivity index (χ4n) is 3.26. The minimum atomic E-state index is 0.0678. The average molecular weight is 254 g/mol. The van der Waals surface area contributed by atoms with E-state index in [1.807, 2.05) is 0 Å². The van der Waals surface area contributed by atoms with Gasteiger partial charge in [0.05, 0.1) is 5.60 Å². The molecule has 106 valence electrons. The Kier molecular flexibility index (Phi) is 4.68. The highest BCUT2D eigenvalue weighted by molar-refractivity contribution is 4.87. The first-order valence-electron chi connectivity index (χ1n) is 7.58. The molecule has 0 aromatic carbocycles. The molecule has 0 amide bonds. The van der Waals surface area contributed by atoms with Crippen LogP contribution in [0.5, 0.6) is 0 Å². The smallest absolute Gasteiger partial charge is 0.0641 e. The van der Waals surface area contributed by atoms with Gasteiger partial charge >= 0.3 is 0 Å². The van der Waals surface area contributed by atoms with Gasteiger partial charge in [0.1, 0.15) is 0 Å². The quantitative estimate of drug-likeness (QED) is 0.777. The molecule has 18 heavy (non-hydrogen) atoms. The van der Waals surface area contributed by atoms with Gasteiger partial charge in [0.15, 0.2) is 0 Å². The maximum atomic E-state index is 5.85. The molecule has 0 aliphatic carbocycles. The summed E-state index contributed by atoms with van der Waals surface area (Å²) in [6.45, 7) is 13.7. The van der Waals surface area contributed by atoms with Crippen LogP contribution in [0.4, 0.5) is 0 Å². The fraction of sp³-hybridized carbons (Fsp3) is 1.00. The Morgan fingerprint density at radius 1 is 1.22 bits per heavy atom. The van der Waals surface area contributed by atoms with Crippen LogP contribution >= 0.6 is 0 Å². The van der Waals surface area contributed by atoms with Crippen molar-refractivity contribution in [2.24, 2.45) is 5.92 Å². The summed E-state index contributed by atoms with van der Waals surface area (Å²) in [5.41, 5.74) is 0.0678. The van der Waals surface area contributed by atoms with Crippen molar-refractivity contribution < 1.29 is 4.74 Å². The molecular formula is C15H30N2O. The topological polar surface area (TPSA) is 24.5 Å². The zero-order valence-corrected chi connectivity index (χ0v) is 12.5. The Bertz CT molecular complexity index is 267. The number of nitrogens with zero attached hydrogens (tertiary/aromatic N) is 1. The summed E-state index contributed by atoms with van der Waals surface area (Å²) >= 11 is 0. The lowest BCUT2D eigenvalue weighted by Crippen LogP contribution is -2.51. The molecule has 3 unspecified atom stereocenters. The second kappa shape index (κ2) is 5.89. The van der Waals surface area contributed by atoms with Gasteiger partial charge in [0, 0.05) is 25.2 Å². The number of hydrogen-bond acceptors (Lipinski definition) is 3. The van der Waals surface area contributed by atoms with Crippen LogP contribution in [-0.2, 0) is 4.74 Å². The van der Waals surface area contributed by atoms with Crippen LogP contribution in [0.2, 0.25) is 0 Å². The third-order valence-electron chi connectivity index (χ3n) is 4.40. The molecule has 3 nitrogen and oxygen atoms in total. The summed E-state index contributed by atoms with van der Waals surface area (Å²) in [5, 5.41) is 3.62. The fourth-order valence-corrected chi connectivity index (χ4v) is 3.26. The predicted octanol–water partition coefficient (Wildman–Crippen LogP) is 2.26. The number of rotatable bonds is 1. The number of hydrogen-bond donors (Lipinski definition) is 1. The molecule has 1 N–H and O–H groups in total. The second-order valence-electron chi connectivity index (χ2n) is 6.95. The van der Waals surface area contributed by atoms with E-state index < -0.39 is 0 Å². The molecule has 3 atom stereocenters. The van der Waals surface area contributed by atoms with E-state index in [-0.39, 0.29) is 5.60 Å². The molecule has 0 saturated carbocycles. The molecule has 0 aromatic rings. The van der Waals surface area contributed by atoms with E-state index in [1.165, 1.54) is 32.4 Å². The largest absolute Gasteiger partial charge is 0.375 e. The Morgan fingerprint density at radius 2 is 2.00 bits per heavy atom. The van der Waals surface area contributed by atoms with Crippen molar-refractivity contribution in [3.05, 3.63) is 0 Å². The molecule has 2 fully saturated rings. The van der Waals surface area contributed by atoms with Gasteiger partial charge in [-0.25, -0.2) is 0 Å². The number of nitrogens with one attached hydrogen (secondary N) is 1. The van der Waals surface area contributed by atoms with E-state index >= 15 is 0 Å². The van der Waals surface area contributed by atoms with Gasteiger partial charge in [-0.1, -0.05) is 6.92 Å². The third-order valence-corrected chi connectivity index (χ3v) is 4.40.